The van der Waals surface area contributed by atoms with Crippen molar-refractivity contribution in [3.8, 4) is 17.1 Å². The van der Waals surface area contributed by atoms with Crippen molar-refractivity contribution in [2.75, 3.05) is 43.4 Å². The second-order valence-electron chi connectivity index (χ2n) is 11.0. The van der Waals surface area contributed by atoms with Crippen molar-refractivity contribution in [1.29, 1.82) is 0 Å². The largest absolute Gasteiger partial charge is 0.492 e. The lowest BCUT2D eigenvalue weighted by Crippen LogP contribution is -2.37. The zero-order valence-corrected chi connectivity index (χ0v) is 25.1. The van der Waals surface area contributed by atoms with Gasteiger partial charge in [-0.05, 0) is 62.8 Å². The number of pyridine rings is 1. The van der Waals surface area contributed by atoms with Crippen molar-refractivity contribution >= 4 is 17.6 Å². The van der Waals surface area contributed by atoms with Crippen LogP contribution < -0.4 is 15.4 Å². The number of carboxylic acid groups (broad SMARTS) is 1. The Balaban J connectivity index is 1.18. The molecule has 1 aliphatic heterocycles. The predicted molar refractivity (Wildman–Crippen MR) is 169 cm³/mol. The van der Waals surface area contributed by atoms with Crippen LogP contribution in [-0.2, 0) is 17.6 Å². The Morgan fingerprint density at radius 3 is 2.62 bits per heavy atom. The molecule has 0 spiro atoms. The van der Waals surface area contributed by atoms with Crippen LogP contribution in [0.2, 0.25) is 0 Å². The summed E-state index contributed by atoms with van der Waals surface area (Å²) in [6.07, 6.45) is 6.66. The fraction of sp³-hybridized carbons (Fsp3) is 0.353. The van der Waals surface area contributed by atoms with Crippen molar-refractivity contribution in [3.05, 3.63) is 95.8 Å². The number of halogens is 2. The van der Waals surface area contributed by atoms with E-state index in [1.165, 1.54) is 5.56 Å². The van der Waals surface area contributed by atoms with Gasteiger partial charge in [0.2, 0.25) is 0 Å². The van der Waals surface area contributed by atoms with Crippen LogP contribution in [0.15, 0.2) is 72.9 Å². The summed E-state index contributed by atoms with van der Waals surface area (Å²) in [4.78, 5) is 27.9. The number of aromatic nitrogens is 3. The van der Waals surface area contributed by atoms with Crippen molar-refractivity contribution in [3.63, 3.8) is 0 Å². The average molecular weight is 617 g/mol. The van der Waals surface area contributed by atoms with E-state index in [1.807, 2.05) is 30.3 Å². The fourth-order valence-electron chi connectivity index (χ4n) is 5.30. The molecule has 2 aromatic heterocycles. The first-order valence-electron chi connectivity index (χ1n) is 15.3. The lowest BCUT2D eigenvalue weighted by molar-refractivity contribution is -0.138. The van der Waals surface area contributed by atoms with E-state index in [2.05, 4.69) is 37.6 Å². The molecule has 2 aromatic carbocycles. The maximum absolute atomic E-state index is 13.6. The van der Waals surface area contributed by atoms with E-state index in [1.54, 1.807) is 12.3 Å². The Morgan fingerprint density at radius 2 is 1.82 bits per heavy atom. The Bertz CT molecular complexity index is 1540. The van der Waals surface area contributed by atoms with Gasteiger partial charge in [0.25, 0.3) is 0 Å². The number of fused-ring (bicyclic) bond motifs is 1. The molecule has 45 heavy (non-hydrogen) atoms. The Morgan fingerprint density at radius 1 is 1.00 bits per heavy atom. The van der Waals surface area contributed by atoms with Crippen molar-refractivity contribution < 1.29 is 23.4 Å². The number of benzene rings is 2. The summed E-state index contributed by atoms with van der Waals surface area (Å²) in [6, 6.07) is 17.6. The van der Waals surface area contributed by atoms with Crippen LogP contribution in [0.5, 0.6) is 5.75 Å². The topological polar surface area (TPSA) is 112 Å². The summed E-state index contributed by atoms with van der Waals surface area (Å²) in [6.45, 7) is 2.75. The number of carboxylic acids is 1. The quantitative estimate of drug-likeness (QED) is 0.134. The van der Waals surface area contributed by atoms with Crippen molar-refractivity contribution in [2.24, 2.45) is 0 Å². The van der Waals surface area contributed by atoms with Gasteiger partial charge >= 0.3 is 5.97 Å². The number of hydrogen-bond donors (Lipinski definition) is 3. The number of unbranched alkanes of at least 4 members (excludes halogenated alkanes) is 1. The molecule has 4 aromatic rings. The standard InChI is InChI=1S/C34H38F2N6O3/c35-26-21-27(36)23-29(22-26)45-20-19-42(17-5-4-10-28-12-11-25-9-6-15-37-32(25)39-28)18-14-30(34(43)44)40-31-13-16-38-33(41-31)24-7-2-1-3-8-24/h1-3,7-8,11-13,16,21-23,30H,4-6,9-10,14-15,17-20H2,(H,37,39)(H,43,44)(H,38,40,41)/t30-/m0/s1. The number of aliphatic carboxylic acids is 1. The molecule has 0 bridgehead atoms. The summed E-state index contributed by atoms with van der Waals surface area (Å²) >= 11 is 0. The van der Waals surface area contributed by atoms with Crippen LogP contribution in [-0.4, -0.2) is 69.8 Å². The summed E-state index contributed by atoms with van der Waals surface area (Å²) in [5, 5.41) is 16.4. The Labute approximate surface area is 261 Å². The maximum Gasteiger partial charge on any atom is 0.326 e. The summed E-state index contributed by atoms with van der Waals surface area (Å²) < 4.78 is 32.9. The van der Waals surface area contributed by atoms with Crippen molar-refractivity contribution in [2.45, 2.75) is 44.6 Å². The molecule has 0 unspecified atom stereocenters. The van der Waals surface area contributed by atoms with Crippen LogP contribution >= 0.6 is 0 Å². The number of anilines is 2. The predicted octanol–water partition coefficient (Wildman–Crippen LogP) is 5.83. The molecule has 3 N–H and O–H groups in total. The van der Waals surface area contributed by atoms with Gasteiger partial charge in [0.1, 0.15) is 41.7 Å². The third-order valence-electron chi connectivity index (χ3n) is 7.66. The average Bonchev–Trinajstić information content (AvgIpc) is 3.04. The smallest absolute Gasteiger partial charge is 0.326 e. The van der Waals surface area contributed by atoms with Crippen LogP contribution in [0.4, 0.5) is 20.4 Å². The highest BCUT2D eigenvalue weighted by Crippen LogP contribution is 2.21. The van der Waals surface area contributed by atoms with Gasteiger partial charge in [-0.25, -0.2) is 28.5 Å². The van der Waals surface area contributed by atoms with E-state index in [0.717, 1.165) is 73.9 Å². The van der Waals surface area contributed by atoms with E-state index >= 15 is 0 Å². The Hall–Kier alpha value is -4.64. The first-order valence-corrected chi connectivity index (χ1v) is 15.3. The van der Waals surface area contributed by atoms with E-state index in [-0.39, 0.29) is 12.4 Å². The minimum atomic E-state index is -0.992. The molecule has 0 amide bonds. The summed E-state index contributed by atoms with van der Waals surface area (Å²) in [5.41, 5.74) is 3.13. The molecule has 1 atom stereocenters. The normalized spacial score (nSPS) is 13.1. The van der Waals surface area contributed by atoms with Gasteiger partial charge in [-0.2, -0.15) is 0 Å². The number of carbonyl (C=O) groups is 1. The number of rotatable bonds is 16. The van der Waals surface area contributed by atoms with Crippen LogP contribution in [0, 0.1) is 11.6 Å². The zero-order chi connectivity index (χ0) is 31.4. The monoisotopic (exact) mass is 616 g/mol. The molecule has 3 heterocycles. The molecule has 1 aliphatic rings. The first kappa shape index (κ1) is 31.8. The van der Waals surface area contributed by atoms with Crippen LogP contribution in [0.3, 0.4) is 0 Å². The highest BCUT2D eigenvalue weighted by Gasteiger charge is 2.20. The van der Waals surface area contributed by atoms with E-state index < -0.39 is 23.6 Å². The van der Waals surface area contributed by atoms with Gasteiger partial charge in [-0.1, -0.05) is 36.4 Å². The van der Waals surface area contributed by atoms with E-state index in [4.69, 9.17) is 9.72 Å². The van der Waals surface area contributed by atoms with Gasteiger partial charge < -0.3 is 20.5 Å². The van der Waals surface area contributed by atoms with Gasteiger partial charge in [-0.15, -0.1) is 0 Å². The molecule has 11 heteroatoms. The van der Waals surface area contributed by atoms with E-state index in [0.29, 0.717) is 37.7 Å². The molecule has 9 nitrogen and oxygen atoms in total. The van der Waals surface area contributed by atoms with Gasteiger partial charge in [-0.3, -0.25) is 4.90 Å². The molecule has 5 rings (SSSR count). The number of hydrogen-bond acceptors (Lipinski definition) is 8. The summed E-state index contributed by atoms with van der Waals surface area (Å²) in [5.74, 6) is -0.381. The van der Waals surface area contributed by atoms with Crippen LogP contribution in [0.1, 0.15) is 36.9 Å². The van der Waals surface area contributed by atoms with Crippen molar-refractivity contribution in [1.82, 2.24) is 19.9 Å². The highest BCUT2D eigenvalue weighted by molar-refractivity contribution is 5.77. The number of nitrogens with one attached hydrogen (secondary N) is 2. The molecule has 0 saturated heterocycles. The fourth-order valence-corrected chi connectivity index (χ4v) is 5.30. The molecule has 0 aliphatic carbocycles. The molecular weight excluding hydrogens is 578 g/mol. The highest BCUT2D eigenvalue weighted by atomic mass is 19.1. The molecule has 0 saturated carbocycles. The molecular formula is C34H38F2N6O3. The van der Waals surface area contributed by atoms with Gasteiger partial charge in [0.05, 0.1) is 0 Å². The maximum atomic E-state index is 13.6. The molecule has 0 fully saturated rings. The second kappa shape index (κ2) is 15.9. The lowest BCUT2D eigenvalue weighted by Gasteiger charge is -2.25. The third kappa shape index (κ3) is 9.67. The first-order chi connectivity index (χ1) is 21.9. The van der Waals surface area contributed by atoms with Crippen LogP contribution in [0.25, 0.3) is 11.4 Å². The number of aryl methyl sites for hydroxylation is 2. The lowest BCUT2D eigenvalue weighted by atomic mass is 10.1. The second-order valence-corrected chi connectivity index (χ2v) is 11.0. The number of ether oxygens (including phenoxy) is 1. The van der Waals surface area contributed by atoms with Gasteiger partial charge in [0, 0.05) is 55.3 Å². The minimum Gasteiger partial charge on any atom is -0.492 e. The molecule has 0 radical (unpaired) electrons. The number of nitrogens with zero attached hydrogens (tertiary/aromatic N) is 4. The summed E-state index contributed by atoms with van der Waals surface area (Å²) in [7, 11) is 0. The molecule has 236 valence electrons. The minimum absolute atomic E-state index is 0.114. The zero-order valence-electron chi connectivity index (χ0n) is 25.1. The van der Waals surface area contributed by atoms with E-state index in [9.17, 15) is 18.7 Å². The SMILES string of the molecule is O=C(O)[C@H](CCN(CCCCc1ccc2c(n1)NCCC2)CCOc1cc(F)cc(F)c1)Nc1ccnc(-c2ccccc2)n1. The Kier molecular flexibility index (Phi) is 11.2. The third-order valence-corrected chi connectivity index (χ3v) is 7.66. The van der Waals surface area contributed by atoms with Gasteiger partial charge in [0.15, 0.2) is 5.82 Å².